The molecule has 4 heteroatoms. The van der Waals surface area contributed by atoms with E-state index in [1.165, 1.54) is 0 Å². The third kappa shape index (κ3) is 0.985. The third-order valence-corrected chi connectivity index (χ3v) is 2.30. The molecule has 2 aliphatic rings. The van der Waals surface area contributed by atoms with Crippen LogP contribution in [0.4, 0.5) is 0 Å². The first-order valence-electron chi connectivity index (χ1n) is 4.01. The molecule has 2 N–H and O–H groups in total. The first-order chi connectivity index (χ1) is 5.31. The standard InChI is InChI=1S/C7H14N4/c1-2-9-5-10-4-3-7(8)11(10)6-9/h3H,2,4-6,8H2,1H3. The summed E-state index contributed by atoms with van der Waals surface area (Å²) in [5.74, 6) is 0.904. The molecular weight excluding hydrogens is 140 g/mol. The van der Waals surface area contributed by atoms with Crippen LogP contribution in [0.25, 0.3) is 0 Å². The summed E-state index contributed by atoms with van der Waals surface area (Å²) in [6.45, 7) is 6.22. The Kier molecular flexibility index (Phi) is 1.51. The molecule has 0 spiro atoms. The molecule has 0 unspecified atom stereocenters. The molecule has 0 atom stereocenters. The van der Waals surface area contributed by atoms with Crippen LogP contribution in [-0.4, -0.2) is 41.3 Å². The van der Waals surface area contributed by atoms with Gasteiger partial charge in [-0.15, -0.1) is 0 Å². The van der Waals surface area contributed by atoms with Gasteiger partial charge in [-0.3, -0.25) is 9.91 Å². The van der Waals surface area contributed by atoms with Crippen LogP contribution in [0.1, 0.15) is 6.92 Å². The van der Waals surface area contributed by atoms with Crippen molar-refractivity contribution >= 4 is 0 Å². The Morgan fingerprint density at radius 1 is 1.55 bits per heavy atom. The van der Waals surface area contributed by atoms with Crippen molar-refractivity contribution in [2.24, 2.45) is 5.73 Å². The number of nitrogens with two attached hydrogens (primary N) is 1. The number of hydrazine groups is 1. The molecule has 0 aliphatic carbocycles. The third-order valence-electron chi connectivity index (χ3n) is 2.30. The maximum Gasteiger partial charge on any atom is 0.112 e. The van der Waals surface area contributed by atoms with Crippen LogP contribution in [0, 0.1) is 0 Å². The van der Waals surface area contributed by atoms with Gasteiger partial charge < -0.3 is 5.73 Å². The highest BCUT2D eigenvalue weighted by atomic mass is 15.8. The van der Waals surface area contributed by atoms with E-state index in [4.69, 9.17) is 5.73 Å². The van der Waals surface area contributed by atoms with Gasteiger partial charge in [-0.2, -0.15) is 0 Å². The largest absolute Gasteiger partial charge is 0.384 e. The van der Waals surface area contributed by atoms with E-state index in [2.05, 4.69) is 27.9 Å². The number of rotatable bonds is 1. The Morgan fingerprint density at radius 3 is 3.00 bits per heavy atom. The number of fused-ring (bicyclic) bond motifs is 1. The molecule has 2 rings (SSSR count). The first kappa shape index (κ1) is 6.94. The van der Waals surface area contributed by atoms with Crippen molar-refractivity contribution in [2.45, 2.75) is 6.92 Å². The van der Waals surface area contributed by atoms with Gasteiger partial charge in [-0.1, -0.05) is 6.92 Å². The van der Waals surface area contributed by atoms with Crippen molar-refractivity contribution in [1.29, 1.82) is 0 Å². The van der Waals surface area contributed by atoms with E-state index < -0.39 is 0 Å². The number of hydrogen-bond acceptors (Lipinski definition) is 4. The first-order valence-corrected chi connectivity index (χ1v) is 4.01. The molecule has 0 amide bonds. The molecule has 11 heavy (non-hydrogen) atoms. The van der Waals surface area contributed by atoms with Crippen molar-refractivity contribution in [3.8, 4) is 0 Å². The molecule has 4 nitrogen and oxygen atoms in total. The summed E-state index contributed by atoms with van der Waals surface area (Å²) < 4.78 is 0. The molecule has 2 aliphatic heterocycles. The lowest BCUT2D eigenvalue weighted by Gasteiger charge is -2.19. The smallest absolute Gasteiger partial charge is 0.112 e. The Labute approximate surface area is 66.8 Å². The van der Waals surface area contributed by atoms with E-state index in [0.29, 0.717) is 0 Å². The monoisotopic (exact) mass is 154 g/mol. The van der Waals surface area contributed by atoms with Crippen LogP contribution in [0.15, 0.2) is 11.9 Å². The normalized spacial score (nSPS) is 25.9. The predicted molar refractivity (Wildman–Crippen MR) is 42.9 cm³/mol. The second kappa shape index (κ2) is 2.39. The molecule has 1 fully saturated rings. The van der Waals surface area contributed by atoms with Crippen molar-refractivity contribution in [3.05, 3.63) is 11.9 Å². The van der Waals surface area contributed by atoms with Gasteiger partial charge >= 0.3 is 0 Å². The summed E-state index contributed by atoms with van der Waals surface area (Å²) in [5.41, 5.74) is 5.76. The Morgan fingerprint density at radius 2 is 2.36 bits per heavy atom. The summed E-state index contributed by atoms with van der Waals surface area (Å²) in [6.07, 6.45) is 2.06. The zero-order valence-electron chi connectivity index (χ0n) is 6.82. The second-order valence-electron chi connectivity index (χ2n) is 2.99. The summed E-state index contributed by atoms with van der Waals surface area (Å²) in [5, 5.41) is 4.38. The van der Waals surface area contributed by atoms with Gasteiger partial charge in [0.1, 0.15) is 5.82 Å². The lowest BCUT2D eigenvalue weighted by molar-refractivity contribution is 0.101. The molecule has 2 heterocycles. The Balaban J connectivity index is 2.04. The second-order valence-corrected chi connectivity index (χ2v) is 2.99. The van der Waals surface area contributed by atoms with Crippen LogP contribution < -0.4 is 5.73 Å². The summed E-state index contributed by atoms with van der Waals surface area (Å²) in [4.78, 5) is 2.35. The van der Waals surface area contributed by atoms with E-state index in [0.717, 1.165) is 32.2 Å². The Bertz CT molecular complexity index is 189. The summed E-state index contributed by atoms with van der Waals surface area (Å²) in [7, 11) is 0. The van der Waals surface area contributed by atoms with Gasteiger partial charge in [0.2, 0.25) is 0 Å². The SMILES string of the molecule is CCN1CN2CC=C(N)N2C1. The summed E-state index contributed by atoms with van der Waals surface area (Å²) >= 11 is 0. The lowest BCUT2D eigenvalue weighted by Crippen LogP contribution is -2.32. The molecule has 0 radical (unpaired) electrons. The molecule has 0 aromatic rings. The van der Waals surface area contributed by atoms with E-state index in [-0.39, 0.29) is 0 Å². The lowest BCUT2D eigenvalue weighted by atomic mass is 10.5. The highest BCUT2D eigenvalue weighted by molar-refractivity contribution is 5.04. The van der Waals surface area contributed by atoms with Gasteiger partial charge in [0.25, 0.3) is 0 Å². The fraction of sp³-hybridized carbons (Fsp3) is 0.714. The fourth-order valence-electron chi connectivity index (χ4n) is 1.54. The van der Waals surface area contributed by atoms with Crippen molar-refractivity contribution in [2.75, 3.05) is 26.4 Å². The van der Waals surface area contributed by atoms with Crippen LogP contribution >= 0.6 is 0 Å². The van der Waals surface area contributed by atoms with E-state index >= 15 is 0 Å². The number of nitrogens with zero attached hydrogens (tertiary/aromatic N) is 3. The van der Waals surface area contributed by atoms with Gasteiger partial charge in [-0.05, 0) is 12.6 Å². The van der Waals surface area contributed by atoms with Gasteiger partial charge in [-0.25, -0.2) is 5.01 Å². The molecular formula is C7H14N4. The molecule has 1 saturated heterocycles. The van der Waals surface area contributed by atoms with Crippen LogP contribution in [0.3, 0.4) is 0 Å². The molecule has 62 valence electrons. The maximum atomic E-state index is 5.76. The van der Waals surface area contributed by atoms with Crippen LogP contribution in [-0.2, 0) is 0 Å². The fourth-order valence-corrected chi connectivity index (χ4v) is 1.54. The molecule has 0 aromatic heterocycles. The molecule has 0 bridgehead atoms. The minimum absolute atomic E-state index is 0.904. The van der Waals surface area contributed by atoms with E-state index in [1.807, 2.05) is 0 Å². The number of hydrogen-bond donors (Lipinski definition) is 1. The zero-order valence-corrected chi connectivity index (χ0v) is 6.82. The zero-order chi connectivity index (χ0) is 7.84. The van der Waals surface area contributed by atoms with Crippen LogP contribution in [0.2, 0.25) is 0 Å². The molecule has 0 saturated carbocycles. The van der Waals surface area contributed by atoms with Gasteiger partial charge in [0, 0.05) is 6.54 Å². The van der Waals surface area contributed by atoms with Crippen molar-refractivity contribution in [3.63, 3.8) is 0 Å². The average molecular weight is 154 g/mol. The highest BCUT2D eigenvalue weighted by Gasteiger charge is 2.30. The van der Waals surface area contributed by atoms with E-state index in [9.17, 15) is 0 Å². The van der Waals surface area contributed by atoms with Crippen molar-refractivity contribution < 1.29 is 0 Å². The van der Waals surface area contributed by atoms with Crippen molar-refractivity contribution in [1.82, 2.24) is 14.9 Å². The summed E-state index contributed by atoms with van der Waals surface area (Å²) in [6, 6.07) is 0. The Hall–Kier alpha value is -0.740. The maximum absolute atomic E-state index is 5.76. The van der Waals surface area contributed by atoms with Gasteiger partial charge in [0.15, 0.2) is 0 Å². The van der Waals surface area contributed by atoms with Gasteiger partial charge in [0.05, 0.1) is 13.3 Å². The predicted octanol–water partition coefficient (Wildman–Crippen LogP) is -0.430. The molecule has 0 aromatic carbocycles. The minimum atomic E-state index is 0.904. The topological polar surface area (TPSA) is 35.7 Å². The quantitative estimate of drug-likeness (QED) is 0.556. The minimum Gasteiger partial charge on any atom is -0.384 e. The average Bonchev–Trinajstić information content (AvgIpc) is 2.53. The van der Waals surface area contributed by atoms with Crippen LogP contribution in [0.5, 0.6) is 0 Å². The highest BCUT2D eigenvalue weighted by Crippen LogP contribution is 2.19. The van der Waals surface area contributed by atoms with E-state index in [1.54, 1.807) is 0 Å².